The maximum Gasteiger partial charge on any atom is 0.177 e. The number of allylic oxidation sites excluding steroid dienone is 1. The lowest BCUT2D eigenvalue weighted by molar-refractivity contribution is 0.0787. The van der Waals surface area contributed by atoms with E-state index in [1.807, 2.05) is 54.6 Å². The monoisotopic (exact) mass is 292 g/mol. The molecule has 112 valence electrons. The van der Waals surface area contributed by atoms with Crippen LogP contribution in [0.25, 0.3) is 0 Å². The van der Waals surface area contributed by atoms with Crippen LogP contribution in [0.3, 0.4) is 0 Å². The Morgan fingerprint density at radius 2 is 1.73 bits per heavy atom. The minimum Gasteiger partial charge on any atom is -0.488 e. The van der Waals surface area contributed by atoms with Crippen molar-refractivity contribution in [2.75, 3.05) is 0 Å². The molecule has 2 heteroatoms. The van der Waals surface area contributed by atoms with E-state index in [9.17, 15) is 4.79 Å². The first-order valence-electron chi connectivity index (χ1n) is 7.65. The standard InChI is InChI=1S/C20H20O2/c1-14(2)12-13-18-19(15-8-4-3-5-9-15)20(21)16-10-6-7-11-17(16)22-18/h3-12,18-19H,13H2,1-2H3. The maximum atomic E-state index is 13.0. The van der Waals surface area contributed by atoms with E-state index in [0.717, 1.165) is 12.0 Å². The maximum absolute atomic E-state index is 13.0. The lowest BCUT2D eigenvalue weighted by Crippen LogP contribution is -2.35. The summed E-state index contributed by atoms with van der Waals surface area (Å²) in [5.41, 5.74) is 2.95. The molecule has 2 unspecified atom stereocenters. The van der Waals surface area contributed by atoms with Gasteiger partial charge >= 0.3 is 0 Å². The Balaban J connectivity index is 2.03. The van der Waals surface area contributed by atoms with E-state index in [0.29, 0.717) is 11.3 Å². The van der Waals surface area contributed by atoms with Crippen LogP contribution in [0.5, 0.6) is 5.75 Å². The molecule has 0 N–H and O–H groups in total. The van der Waals surface area contributed by atoms with Gasteiger partial charge in [-0.1, -0.05) is 54.1 Å². The van der Waals surface area contributed by atoms with Crippen molar-refractivity contribution in [1.82, 2.24) is 0 Å². The average molecular weight is 292 g/mol. The Hall–Kier alpha value is -2.35. The molecule has 2 aromatic carbocycles. The van der Waals surface area contributed by atoms with Gasteiger partial charge in [-0.15, -0.1) is 0 Å². The summed E-state index contributed by atoms with van der Waals surface area (Å²) in [6.07, 6.45) is 2.73. The highest BCUT2D eigenvalue weighted by Gasteiger charge is 2.37. The second kappa shape index (κ2) is 6.18. The molecular weight excluding hydrogens is 272 g/mol. The van der Waals surface area contributed by atoms with Crippen LogP contribution in [-0.2, 0) is 0 Å². The highest BCUT2D eigenvalue weighted by atomic mass is 16.5. The van der Waals surface area contributed by atoms with Crippen molar-refractivity contribution < 1.29 is 9.53 Å². The van der Waals surface area contributed by atoms with Gasteiger partial charge in [0.15, 0.2) is 5.78 Å². The molecule has 0 saturated heterocycles. The first-order chi connectivity index (χ1) is 10.7. The summed E-state index contributed by atoms with van der Waals surface area (Å²) >= 11 is 0. The third kappa shape index (κ3) is 2.82. The molecular formula is C20H20O2. The van der Waals surface area contributed by atoms with Crippen molar-refractivity contribution in [1.29, 1.82) is 0 Å². The molecule has 3 rings (SSSR count). The lowest BCUT2D eigenvalue weighted by atomic mass is 9.82. The third-order valence-corrected chi connectivity index (χ3v) is 4.00. The van der Waals surface area contributed by atoms with Crippen LogP contribution in [0, 0.1) is 0 Å². The van der Waals surface area contributed by atoms with E-state index >= 15 is 0 Å². The molecule has 1 heterocycles. The Labute approximate surface area is 131 Å². The molecule has 0 fully saturated rings. The zero-order valence-corrected chi connectivity index (χ0v) is 13.0. The first kappa shape index (κ1) is 14.6. The molecule has 2 aromatic rings. The topological polar surface area (TPSA) is 26.3 Å². The highest BCUT2D eigenvalue weighted by molar-refractivity contribution is 6.04. The molecule has 0 aliphatic carbocycles. The fraction of sp³-hybridized carbons (Fsp3) is 0.250. The normalized spacial score (nSPS) is 20.0. The van der Waals surface area contributed by atoms with E-state index in [-0.39, 0.29) is 17.8 Å². The number of Topliss-reactive ketones (excluding diaryl/α,β-unsaturated/α-hetero) is 1. The number of fused-ring (bicyclic) bond motifs is 1. The number of ether oxygens (including phenoxy) is 1. The number of ketones is 1. The molecule has 22 heavy (non-hydrogen) atoms. The fourth-order valence-corrected chi connectivity index (χ4v) is 2.90. The number of carbonyl (C=O) groups is 1. The Kier molecular flexibility index (Phi) is 4.10. The van der Waals surface area contributed by atoms with E-state index in [4.69, 9.17) is 4.74 Å². The second-order valence-electron chi connectivity index (χ2n) is 5.92. The largest absolute Gasteiger partial charge is 0.488 e. The van der Waals surface area contributed by atoms with Crippen LogP contribution in [0.1, 0.15) is 42.1 Å². The van der Waals surface area contributed by atoms with Gasteiger partial charge in [0, 0.05) is 6.42 Å². The van der Waals surface area contributed by atoms with Crippen LogP contribution < -0.4 is 4.74 Å². The molecule has 0 bridgehead atoms. The summed E-state index contributed by atoms with van der Waals surface area (Å²) in [4.78, 5) is 13.0. The summed E-state index contributed by atoms with van der Waals surface area (Å²) < 4.78 is 6.15. The van der Waals surface area contributed by atoms with Crippen molar-refractivity contribution in [3.8, 4) is 5.75 Å². The van der Waals surface area contributed by atoms with Gasteiger partial charge in [0.25, 0.3) is 0 Å². The van der Waals surface area contributed by atoms with E-state index in [1.54, 1.807) is 0 Å². The van der Waals surface area contributed by atoms with Gasteiger partial charge in [0.2, 0.25) is 0 Å². The molecule has 2 nitrogen and oxygen atoms in total. The van der Waals surface area contributed by atoms with Crippen LogP contribution >= 0.6 is 0 Å². The van der Waals surface area contributed by atoms with Crippen LogP contribution in [0.15, 0.2) is 66.2 Å². The quantitative estimate of drug-likeness (QED) is 0.762. The van der Waals surface area contributed by atoms with E-state index in [2.05, 4.69) is 19.9 Å². The van der Waals surface area contributed by atoms with Crippen molar-refractivity contribution in [2.24, 2.45) is 0 Å². The molecule has 0 amide bonds. The Morgan fingerprint density at radius 3 is 2.45 bits per heavy atom. The predicted octanol–water partition coefficient (Wildman–Crippen LogP) is 4.77. The smallest absolute Gasteiger partial charge is 0.177 e. The number of carbonyl (C=O) groups excluding carboxylic acids is 1. The molecule has 0 spiro atoms. The van der Waals surface area contributed by atoms with Gasteiger partial charge in [0.05, 0.1) is 11.5 Å². The summed E-state index contributed by atoms with van der Waals surface area (Å²) in [6, 6.07) is 17.5. The SMILES string of the molecule is CC(C)=CCC1Oc2ccccc2C(=O)C1c1ccccc1. The van der Waals surface area contributed by atoms with Gasteiger partial charge in [0.1, 0.15) is 11.9 Å². The summed E-state index contributed by atoms with van der Waals surface area (Å²) in [6.45, 7) is 4.13. The minimum atomic E-state index is -0.244. The van der Waals surface area contributed by atoms with Gasteiger partial charge in [-0.25, -0.2) is 0 Å². The summed E-state index contributed by atoms with van der Waals surface area (Å²) in [5.74, 6) is 0.610. The number of hydrogen-bond donors (Lipinski definition) is 0. The van der Waals surface area contributed by atoms with Crippen molar-refractivity contribution in [3.05, 3.63) is 77.4 Å². The third-order valence-electron chi connectivity index (χ3n) is 4.00. The molecule has 2 atom stereocenters. The zero-order chi connectivity index (χ0) is 15.5. The average Bonchev–Trinajstić information content (AvgIpc) is 2.54. The van der Waals surface area contributed by atoms with Crippen LogP contribution in [-0.4, -0.2) is 11.9 Å². The van der Waals surface area contributed by atoms with Gasteiger partial charge in [-0.2, -0.15) is 0 Å². The Morgan fingerprint density at radius 1 is 1.05 bits per heavy atom. The number of hydrogen-bond acceptors (Lipinski definition) is 2. The van der Waals surface area contributed by atoms with Crippen LogP contribution in [0.2, 0.25) is 0 Å². The van der Waals surface area contributed by atoms with Gasteiger partial charge in [-0.3, -0.25) is 4.79 Å². The minimum absolute atomic E-state index is 0.153. The molecule has 0 saturated carbocycles. The number of benzene rings is 2. The fourth-order valence-electron chi connectivity index (χ4n) is 2.90. The van der Waals surface area contributed by atoms with E-state index in [1.165, 1.54) is 5.57 Å². The first-order valence-corrected chi connectivity index (χ1v) is 7.65. The van der Waals surface area contributed by atoms with Crippen LogP contribution in [0.4, 0.5) is 0 Å². The lowest BCUT2D eigenvalue weighted by Gasteiger charge is -2.32. The van der Waals surface area contributed by atoms with Crippen molar-refractivity contribution in [3.63, 3.8) is 0 Å². The molecule has 0 radical (unpaired) electrons. The number of para-hydroxylation sites is 1. The molecule has 0 aromatic heterocycles. The predicted molar refractivity (Wildman–Crippen MR) is 88.4 cm³/mol. The molecule has 1 aliphatic rings. The summed E-state index contributed by atoms with van der Waals surface area (Å²) in [7, 11) is 0. The molecule has 1 aliphatic heterocycles. The van der Waals surface area contributed by atoms with Crippen molar-refractivity contribution in [2.45, 2.75) is 32.3 Å². The van der Waals surface area contributed by atoms with E-state index < -0.39 is 0 Å². The zero-order valence-electron chi connectivity index (χ0n) is 13.0. The summed E-state index contributed by atoms with van der Waals surface area (Å²) in [5, 5.41) is 0. The van der Waals surface area contributed by atoms with Gasteiger partial charge in [-0.05, 0) is 31.5 Å². The number of rotatable bonds is 3. The second-order valence-corrected chi connectivity index (χ2v) is 5.92. The Bertz CT molecular complexity index is 697. The van der Waals surface area contributed by atoms with Gasteiger partial charge < -0.3 is 4.74 Å². The van der Waals surface area contributed by atoms with Crippen molar-refractivity contribution >= 4 is 5.78 Å². The highest BCUT2D eigenvalue weighted by Crippen LogP contribution is 2.37.